The second kappa shape index (κ2) is 5.51. The maximum absolute atomic E-state index is 13.4. The summed E-state index contributed by atoms with van der Waals surface area (Å²) in [6.07, 6.45) is 0. The Bertz CT molecular complexity index is 407. The second-order valence-electron chi connectivity index (χ2n) is 4.06. The van der Waals surface area contributed by atoms with Crippen LogP contribution in [0.4, 0.5) is 4.39 Å². The molecule has 1 saturated heterocycles. The molecule has 1 aromatic rings. The SMILES string of the molecule is CN(Cc1ccccc1F)C(=O)[C@@H]1CSCN1. The summed E-state index contributed by atoms with van der Waals surface area (Å²) in [5.41, 5.74) is 0.550. The molecule has 0 bridgehead atoms. The summed E-state index contributed by atoms with van der Waals surface area (Å²) >= 11 is 1.70. The first kappa shape index (κ1) is 12.4. The molecule has 1 aromatic carbocycles. The van der Waals surface area contributed by atoms with Crippen LogP contribution in [0.5, 0.6) is 0 Å². The molecule has 1 atom stereocenters. The number of nitrogens with zero attached hydrogens (tertiary/aromatic N) is 1. The normalized spacial score (nSPS) is 19.3. The quantitative estimate of drug-likeness (QED) is 0.886. The number of rotatable bonds is 3. The van der Waals surface area contributed by atoms with E-state index >= 15 is 0 Å². The summed E-state index contributed by atoms with van der Waals surface area (Å²) in [5.74, 6) is 1.36. The molecular formula is C12H15FN2OS. The predicted molar refractivity (Wildman–Crippen MR) is 67.1 cm³/mol. The molecule has 1 heterocycles. The van der Waals surface area contributed by atoms with Crippen molar-refractivity contribution in [3.05, 3.63) is 35.6 Å². The highest BCUT2D eigenvalue weighted by atomic mass is 32.2. The standard InChI is InChI=1S/C12H15FN2OS/c1-15(12(16)11-7-17-8-14-11)6-9-4-2-3-5-10(9)13/h2-5,11,14H,6-8H2,1H3/t11-/m0/s1. The first-order chi connectivity index (χ1) is 8.18. The van der Waals surface area contributed by atoms with E-state index in [9.17, 15) is 9.18 Å². The lowest BCUT2D eigenvalue weighted by Crippen LogP contribution is -2.42. The fourth-order valence-electron chi connectivity index (χ4n) is 1.78. The molecule has 1 fully saturated rings. The van der Waals surface area contributed by atoms with E-state index in [2.05, 4.69) is 5.32 Å². The van der Waals surface area contributed by atoms with Gasteiger partial charge in [0.05, 0.1) is 6.04 Å². The molecule has 2 rings (SSSR count). The van der Waals surface area contributed by atoms with Gasteiger partial charge in [0.25, 0.3) is 0 Å². The largest absolute Gasteiger partial charge is 0.340 e. The molecule has 3 nitrogen and oxygen atoms in total. The maximum Gasteiger partial charge on any atom is 0.240 e. The summed E-state index contributed by atoms with van der Waals surface area (Å²) in [6.45, 7) is 0.314. The number of amides is 1. The van der Waals surface area contributed by atoms with Gasteiger partial charge in [-0.3, -0.25) is 10.1 Å². The topological polar surface area (TPSA) is 32.3 Å². The minimum absolute atomic E-state index is 0.0262. The number of hydrogen-bond donors (Lipinski definition) is 1. The van der Waals surface area contributed by atoms with Gasteiger partial charge in [-0.2, -0.15) is 0 Å². The third-order valence-electron chi connectivity index (χ3n) is 2.76. The van der Waals surface area contributed by atoms with E-state index in [0.717, 1.165) is 11.6 Å². The molecule has 1 aliphatic rings. The monoisotopic (exact) mass is 254 g/mol. The number of likely N-dealkylation sites (N-methyl/N-ethyl adjacent to an activating group) is 1. The molecule has 5 heteroatoms. The molecule has 0 aliphatic carbocycles. The van der Waals surface area contributed by atoms with E-state index in [1.165, 1.54) is 6.07 Å². The maximum atomic E-state index is 13.4. The fraction of sp³-hybridized carbons (Fsp3) is 0.417. The van der Waals surface area contributed by atoms with Gasteiger partial charge < -0.3 is 4.90 Å². The van der Waals surface area contributed by atoms with Gasteiger partial charge in [-0.1, -0.05) is 18.2 Å². The van der Waals surface area contributed by atoms with Crippen LogP contribution in [0.2, 0.25) is 0 Å². The second-order valence-corrected chi connectivity index (χ2v) is 5.09. The van der Waals surface area contributed by atoms with Crippen molar-refractivity contribution in [3.8, 4) is 0 Å². The van der Waals surface area contributed by atoms with Gasteiger partial charge in [0, 0.05) is 30.8 Å². The van der Waals surface area contributed by atoms with Crippen molar-refractivity contribution in [2.45, 2.75) is 12.6 Å². The van der Waals surface area contributed by atoms with Gasteiger partial charge >= 0.3 is 0 Å². The van der Waals surface area contributed by atoms with Crippen molar-refractivity contribution in [2.75, 3.05) is 18.7 Å². The number of carbonyl (C=O) groups is 1. The minimum Gasteiger partial charge on any atom is -0.340 e. The average Bonchev–Trinajstić information content (AvgIpc) is 2.84. The van der Waals surface area contributed by atoms with Crippen LogP contribution in [0.25, 0.3) is 0 Å². The number of benzene rings is 1. The van der Waals surface area contributed by atoms with Gasteiger partial charge in [-0.25, -0.2) is 4.39 Å². The van der Waals surface area contributed by atoms with Crippen molar-refractivity contribution in [1.82, 2.24) is 10.2 Å². The van der Waals surface area contributed by atoms with E-state index in [1.54, 1.807) is 41.9 Å². The molecule has 0 unspecified atom stereocenters. The van der Waals surface area contributed by atoms with Crippen molar-refractivity contribution in [3.63, 3.8) is 0 Å². The van der Waals surface area contributed by atoms with Crippen molar-refractivity contribution in [2.24, 2.45) is 0 Å². The zero-order valence-electron chi connectivity index (χ0n) is 9.65. The molecule has 1 amide bonds. The smallest absolute Gasteiger partial charge is 0.240 e. The van der Waals surface area contributed by atoms with Crippen molar-refractivity contribution < 1.29 is 9.18 Å². The third-order valence-corrected chi connectivity index (χ3v) is 3.70. The molecule has 0 radical (unpaired) electrons. The molecule has 1 aliphatic heterocycles. The van der Waals surface area contributed by atoms with Gasteiger partial charge in [0.15, 0.2) is 0 Å². The summed E-state index contributed by atoms with van der Waals surface area (Å²) < 4.78 is 13.4. The van der Waals surface area contributed by atoms with Crippen LogP contribution in [-0.4, -0.2) is 35.5 Å². The van der Waals surface area contributed by atoms with E-state index in [0.29, 0.717) is 12.1 Å². The Balaban J connectivity index is 1.99. The van der Waals surface area contributed by atoms with Gasteiger partial charge in [0.2, 0.25) is 5.91 Å². The first-order valence-corrected chi connectivity index (χ1v) is 6.63. The van der Waals surface area contributed by atoms with Crippen LogP contribution in [0.15, 0.2) is 24.3 Å². The number of thioether (sulfide) groups is 1. The summed E-state index contributed by atoms with van der Waals surface area (Å²) in [6, 6.07) is 6.42. The molecular weight excluding hydrogens is 239 g/mol. The van der Waals surface area contributed by atoms with Crippen LogP contribution in [-0.2, 0) is 11.3 Å². The molecule has 0 spiro atoms. The highest BCUT2D eigenvalue weighted by molar-refractivity contribution is 7.99. The summed E-state index contributed by atoms with van der Waals surface area (Å²) in [5, 5.41) is 3.12. The van der Waals surface area contributed by atoms with Crippen LogP contribution >= 0.6 is 11.8 Å². The molecule has 92 valence electrons. The van der Waals surface area contributed by atoms with Crippen LogP contribution in [0.1, 0.15) is 5.56 Å². The van der Waals surface area contributed by atoms with Crippen LogP contribution < -0.4 is 5.32 Å². The summed E-state index contributed by atoms with van der Waals surface area (Å²) in [4.78, 5) is 13.6. The van der Waals surface area contributed by atoms with E-state index in [1.807, 2.05) is 0 Å². The van der Waals surface area contributed by atoms with Crippen molar-refractivity contribution in [1.29, 1.82) is 0 Å². The zero-order chi connectivity index (χ0) is 12.3. The molecule has 0 saturated carbocycles. The Morgan fingerprint density at radius 3 is 3.00 bits per heavy atom. The third kappa shape index (κ3) is 2.98. The Kier molecular flexibility index (Phi) is 4.02. The number of halogens is 1. The van der Waals surface area contributed by atoms with E-state index in [-0.39, 0.29) is 17.8 Å². The first-order valence-electron chi connectivity index (χ1n) is 5.48. The Morgan fingerprint density at radius 1 is 1.59 bits per heavy atom. The van der Waals surface area contributed by atoms with E-state index < -0.39 is 0 Å². The van der Waals surface area contributed by atoms with Gasteiger partial charge in [0.1, 0.15) is 5.82 Å². The predicted octanol–water partition coefficient (Wildman–Crippen LogP) is 1.45. The van der Waals surface area contributed by atoms with E-state index in [4.69, 9.17) is 0 Å². The van der Waals surface area contributed by atoms with Gasteiger partial charge in [-0.15, -0.1) is 11.8 Å². The van der Waals surface area contributed by atoms with Crippen LogP contribution in [0.3, 0.4) is 0 Å². The fourth-order valence-corrected chi connectivity index (χ4v) is 2.71. The lowest BCUT2D eigenvalue weighted by molar-refractivity contribution is -0.131. The molecule has 1 N–H and O–H groups in total. The van der Waals surface area contributed by atoms with Crippen molar-refractivity contribution >= 4 is 17.7 Å². The zero-order valence-corrected chi connectivity index (χ0v) is 10.5. The Hall–Kier alpha value is -1.07. The lowest BCUT2D eigenvalue weighted by Gasteiger charge is -2.21. The Labute approximate surface area is 104 Å². The van der Waals surface area contributed by atoms with Crippen LogP contribution in [0, 0.1) is 5.82 Å². The van der Waals surface area contributed by atoms with Gasteiger partial charge in [-0.05, 0) is 6.07 Å². The number of hydrogen-bond acceptors (Lipinski definition) is 3. The highest BCUT2D eigenvalue weighted by Gasteiger charge is 2.25. The highest BCUT2D eigenvalue weighted by Crippen LogP contribution is 2.14. The Morgan fingerprint density at radius 2 is 2.35 bits per heavy atom. The summed E-state index contributed by atoms with van der Waals surface area (Å²) in [7, 11) is 1.71. The number of carbonyl (C=O) groups excluding carboxylic acids is 1. The molecule has 17 heavy (non-hydrogen) atoms. The minimum atomic E-state index is -0.263. The number of nitrogens with one attached hydrogen (secondary N) is 1. The molecule has 0 aromatic heterocycles. The average molecular weight is 254 g/mol. The lowest BCUT2D eigenvalue weighted by atomic mass is 10.2.